The van der Waals surface area contributed by atoms with Gasteiger partial charge in [0, 0.05) is 31.4 Å². The van der Waals surface area contributed by atoms with E-state index in [0.29, 0.717) is 18.5 Å². The molecule has 1 atom stereocenters. The first-order chi connectivity index (χ1) is 10.9. The summed E-state index contributed by atoms with van der Waals surface area (Å²) in [6, 6.07) is 1.87. The number of Topliss-reactive ketones (excluding diaryl/α,β-unsaturated/α-hetero) is 2. The number of aromatic nitrogens is 1. The molecule has 1 aromatic heterocycles. The number of rotatable bonds is 6. The molecule has 0 aromatic carbocycles. The molecule has 0 amide bonds. The molecule has 1 heterocycles. The fourth-order valence-electron chi connectivity index (χ4n) is 2.72. The molecule has 0 bridgehead atoms. The first-order valence-electron chi connectivity index (χ1n) is 7.75. The molecule has 1 aliphatic carbocycles. The van der Waals surface area contributed by atoms with Crippen LogP contribution in [0.5, 0.6) is 0 Å². The number of ketones is 2. The molecule has 4 heteroatoms. The second kappa shape index (κ2) is 7.27. The number of nitrogens with zero attached hydrogens (tertiary/aromatic N) is 2. The molecule has 0 spiro atoms. The molecule has 120 valence electrons. The molecular formula is C19H22N2O2. The fourth-order valence-corrected chi connectivity index (χ4v) is 2.72. The lowest BCUT2D eigenvalue weighted by atomic mass is 9.91. The van der Waals surface area contributed by atoms with E-state index in [4.69, 9.17) is 0 Å². The number of aliphatic imine (C=N–C) groups is 1. The predicted molar refractivity (Wildman–Crippen MR) is 92.1 cm³/mol. The molecule has 0 aliphatic heterocycles. The lowest BCUT2D eigenvalue weighted by molar-refractivity contribution is -0.113. The van der Waals surface area contributed by atoms with Crippen LogP contribution >= 0.6 is 0 Å². The van der Waals surface area contributed by atoms with Crippen molar-refractivity contribution in [3.05, 3.63) is 52.4 Å². The normalized spacial score (nSPS) is 15.5. The van der Waals surface area contributed by atoms with Crippen LogP contribution < -0.4 is 0 Å². The van der Waals surface area contributed by atoms with Gasteiger partial charge in [-0.25, -0.2) is 0 Å². The summed E-state index contributed by atoms with van der Waals surface area (Å²) >= 11 is 0. The Hall–Kier alpha value is -2.36. The van der Waals surface area contributed by atoms with Crippen LogP contribution in [0.3, 0.4) is 0 Å². The number of aryl methyl sites for hydroxylation is 1. The van der Waals surface area contributed by atoms with Gasteiger partial charge in [0.15, 0.2) is 11.6 Å². The van der Waals surface area contributed by atoms with Crippen molar-refractivity contribution in [2.24, 2.45) is 10.9 Å². The number of carbonyl (C=O) groups is 2. The first kappa shape index (κ1) is 17.0. The van der Waals surface area contributed by atoms with E-state index < -0.39 is 0 Å². The van der Waals surface area contributed by atoms with Gasteiger partial charge in [0.2, 0.25) is 0 Å². The van der Waals surface area contributed by atoms with Crippen molar-refractivity contribution < 1.29 is 9.59 Å². The van der Waals surface area contributed by atoms with Gasteiger partial charge >= 0.3 is 0 Å². The van der Waals surface area contributed by atoms with E-state index in [9.17, 15) is 9.59 Å². The van der Waals surface area contributed by atoms with Crippen molar-refractivity contribution in [2.45, 2.75) is 33.6 Å². The standard InChI is InChI=1S/C19H22N2O2/c1-12-7-8-21-19(17(12)11-20-4)18(23)9-13(2)15-5-6-16(10-15)14(3)22/h5-8,11,13H,9-10H2,1-4H3. The third-order valence-corrected chi connectivity index (χ3v) is 4.20. The third kappa shape index (κ3) is 3.89. The molecule has 23 heavy (non-hydrogen) atoms. The van der Waals surface area contributed by atoms with E-state index in [1.165, 1.54) is 0 Å². The third-order valence-electron chi connectivity index (χ3n) is 4.20. The van der Waals surface area contributed by atoms with Crippen molar-refractivity contribution in [3.63, 3.8) is 0 Å². The van der Waals surface area contributed by atoms with Crippen LogP contribution in [0.25, 0.3) is 0 Å². The van der Waals surface area contributed by atoms with Gasteiger partial charge in [-0.3, -0.25) is 19.6 Å². The summed E-state index contributed by atoms with van der Waals surface area (Å²) < 4.78 is 0. The van der Waals surface area contributed by atoms with Gasteiger partial charge in [0.25, 0.3) is 0 Å². The molecule has 1 aliphatic rings. The zero-order valence-corrected chi connectivity index (χ0v) is 14.1. The Morgan fingerprint density at radius 3 is 2.74 bits per heavy atom. The quantitative estimate of drug-likeness (QED) is 0.597. The highest BCUT2D eigenvalue weighted by Crippen LogP contribution is 2.29. The number of carbonyl (C=O) groups excluding carboxylic acids is 2. The number of hydrogen-bond donors (Lipinski definition) is 0. The maximum Gasteiger partial charge on any atom is 0.182 e. The van der Waals surface area contributed by atoms with E-state index >= 15 is 0 Å². The molecule has 0 N–H and O–H groups in total. The molecule has 0 fully saturated rings. The lowest BCUT2D eigenvalue weighted by Gasteiger charge is -2.14. The topological polar surface area (TPSA) is 59.4 Å². The summed E-state index contributed by atoms with van der Waals surface area (Å²) in [5, 5.41) is 0. The summed E-state index contributed by atoms with van der Waals surface area (Å²) in [4.78, 5) is 32.3. The smallest absolute Gasteiger partial charge is 0.182 e. The van der Waals surface area contributed by atoms with Gasteiger partial charge in [-0.05, 0) is 43.4 Å². The van der Waals surface area contributed by atoms with Crippen LogP contribution in [0.4, 0.5) is 0 Å². The van der Waals surface area contributed by atoms with Gasteiger partial charge in [0.05, 0.1) is 0 Å². The number of pyridine rings is 1. The highest BCUT2D eigenvalue weighted by Gasteiger charge is 2.22. The number of allylic oxidation sites excluding steroid dienone is 4. The van der Waals surface area contributed by atoms with Crippen LogP contribution in [-0.2, 0) is 4.79 Å². The zero-order chi connectivity index (χ0) is 17.0. The molecule has 1 unspecified atom stereocenters. The maximum absolute atomic E-state index is 12.6. The molecule has 0 saturated heterocycles. The van der Waals surface area contributed by atoms with Crippen molar-refractivity contribution in [3.8, 4) is 0 Å². The zero-order valence-electron chi connectivity index (χ0n) is 14.1. The molecule has 2 rings (SSSR count). The largest absolute Gasteiger partial charge is 0.296 e. The fraction of sp³-hybridized carbons (Fsp3) is 0.368. The summed E-state index contributed by atoms with van der Waals surface area (Å²) in [6.07, 6.45) is 8.20. The predicted octanol–water partition coefficient (Wildman–Crippen LogP) is 3.49. The molecule has 1 aromatic rings. The van der Waals surface area contributed by atoms with Crippen LogP contribution in [0.1, 0.15) is 48.3 Å². The van der Waals surface area contributed by atoms with E-state index in [1.54, 1.807) is 26.4 Å². The van der Waals surface area contributed by atoms with Crippen LogP contribution in [0.2, 0.25) is 0 Å². The van der Waals surface area contributed by atoms with Crippen LogP contribution in [0, 0.1) is 12.8 Å². The average Bonchev–Trinajstić information content (AvgIpc) is 2.99. The van der Waals surface area contributed by atoms with Crippen molar-refractivity contribution in [1.29, 1.82) is 0 Å². The van der Waals surface area contributed by atoms with Crippen molar-refractivity contribution in [1.82, 2.24) is 4.98 Å². The molecule has 0 saturated carbocycles. The SMILES string of the molecule is CN=Cc1c(C)ccnc1C(=O)CC(C)C1=CC=C(C(C)=O)C1. The molecular weight excluding hydrogens is 288 g/mol. The Bertz CT molecular complexity index is 727. The second-order valence-corrected chi connectivity index (χ2v) is 5.97. The first-order valence-corrected chi connectivity index (χ1v) is 7.75. The highest BCUT2D eigenvalue weighted by molar-refractivity contribution is 6.03. The van der Waals surface area contributed by atoms with Crippen LogP contribution in [-0.4, -0.2) is 29.8 Å². The lowest BCUT2D eigenvalue weighted by Crippen LogP contribution is -2.13. The van der Waals surface area contributed by atoms with Gasteiger partial charge in [-0.2, -0.15) is 0 Å². The minimum absolute atomic E-state index is 0.00766. The Morgan fingerprint density at radius 2 is 2.13 bits per heavy atom. The highest BCUT2D eigenvalue weighted by atomic mass is 16.1. The van der Waals surface area contributed by atoms with Crippen molar-refractivity contribution >= 4 is 17.8 Å². The van der Waals surface area contributed by atoms with Crippen LogP contribution in [0.15, 0.2) is 40.6 Å². The van der Waals surface area contributed by atoms with Crippen molar-refractivity contribution in [2.75, 3.05) is 7.05 Å². The van der Waals surface area contributed by atoms with E-state index in [2.05, 4.69) is 9.98 Å². The van der Waals surface area contributed by atoms with Gasteiger partial charge in [-0.15, -0.1) is 0 Å². The van der Waals surface area contributed by atoms with E-state index in [0.717, 1.165) is 22.3 Å². The summed E-state index contributed by atoms with van der Waals surface area (Å²) in [5.41, 5.74) is 4.19. The summed E-state index contributed by atoms with van der Waals surface area (Å²) in [5.74, 6) is 0.189. The Kier molecular flexibility index (Phi) is 5.37. The minimum atomic E-state index is 0.00766. The van der Waals surface area contributed by atoms with Gasteiger partial charge in [-0.1, -0.05) is 24.6 Å². The Labute approximate surface area is 137 Å². The van der Waals surface area contributed by atoms with Gasteiger partial charge in [0.1, 0.15) is 5.69 Å². The summed E-state index contributed by atoms with van der Waals surface area (Å²) in [7, 11) is 1.68. The molecule has 0 radical (unpaired) electrons. The monoisotopic (exact) mass is 310 g/mol. The average molecular weight is 310 g/mol. The summed E-state index contributed by atoms with van der Waals surface area (Å²) in [6.45, 7) is 5.54. The molecule has 4 nitrogen and oxygen atoms in total. The second-order valence-electron chi connectivity index (χ2n) is 5.97. The maximum atomic E-state index is 12.6. The van der Waals surface area contributed by atoms with E-state index in [1.807, 2.05) is 32.1 Å². The Balaban J connectivity index is 2.12. The minimum Gasteiger partial charge on any atom is -0.296 e. The van der Waals surface area contributed by atoms with E-state index in [-0.39, 0.29) is 17.5 Å². The number of hydrogen-bond acceptors (Lipinski definition) is 4. The Morgan fingerprint density at radius 1 is 1.39 bits per heavy atom. The van der Waals surface area contributed by atoms with Gasteiger partial charge < -0.3 is 0 Å².